The van der Waals surface area contributed by atoms with Crippen LogP contribution >= 0.6 is 0 Å². The van der Waals surface area contributed by atoms with Gasteiger partial charge in [-0.05, 0) is 12.5 Å². The highest BCUT2D eigenvalue weighted by Gasteiger charge is 2.24. The van der Waals surface area contributed by atoms with Gasteiger partial charge in [0.05, 0.1) is 6.26 Å². The SMILES string of the molecule is C[C@@](N)(Cc1ccccc1)OS(C)(=O)=O. The summed E-state index contributed by atoms with van der Waals surface area (Å²) in [4.78, 5) is 0. The first kappa shape index (κ1) is 12.2. The lowest BCUT2D eigenvalue weighted by atomic mass is 10.1. The van der Waals surface area contributed by atoms with Crippen LogP contribution in [0.4, 0.5) is 0 Å². The third-order valence-corrected chi connectivity index (χ3v) is 2.42. The first-order valence-electron chi connectivity index (χ1n) is 4.52. The van der Waals surface area contributed by atoms with Crippen LogP contribution in [0.25, 0.3) is 0 Å². The van der Waals surface area contributed by atoms with Crippen LogP contribution in [-0.4, -0.2) is 20.4 Å². The second kappa shape index (κ2) is 4.30. The Balaban J connectivity index is 2.73. The van der Waals surface area contributed by atoms with Gasteiger partial charge >= 0.3 is 0 Å². The van der Waals surface area contributed by atoms with Crippen molar-refractivity contribution in [1.82, 2.24) is 0 Å². The molecular formula is C10H15NO3S. The predicted octanol–water partition coefficient (Wildman–Crippen LogP) is 0.880. The molecule has 0 radical (unpaired) electrons. The Morgan fingerprint density at radius 1 is 1.33 bits per heavy atom. The van der Waals surface area contributed by atoms with Crippen molar-refractivity contribution in [2.75, 3.05) is 6.26 Å². The van der Waals surface area contributed by atoms with Crippen LogP contribution in [0.1, 0.15) is 12.5 Å². The van der Waals surface area contributed by atoms with Crippen LogP contribution in [0.15, 0.2) is 30.3 Å². The Morgan fingerprint density at radius 3 is 2.33 bits per heavy atom. The van der Waals surface area contributed by atoms with E-state index in [2.05, 4.69) is 0 Å². The van der Waals surface area contributed by atoms with Crippen LogP contribution in [0.2, 0.25) is 0 Å². The van der Waals surface area contributed by atoms with Crippen LogP contribution in [0.3, 0.4) is 0 Å². The molecule has 1 aromatic carbocycles. The molecule has 5 heteroatoms. The van der Waals surface area contributed by atoms with Gasteiger partial charge in [-0.3, -0.25) is 0 Å². The van der Waals surface area contributed by atoms with Gasteiger partial charge in [0, 0.05) is 6.42 Å². The Labute approximate surface area is 90.2 Å². The summed E-state index contributed by atoms with van der Waals surface area (Å²) in [5.41, 5.74) is 5.47. The summed E-state index contributed by atoms with van der Waals surface area (Å²) in [5.74, 6) is 0. The van der Waals surface area contributed by atoms with Gasteiger partial charge in [-0.25, -0.2) is 4.18 Å². The van der Waals surface area contributed by atoms with E-state index in [0.29, 0.717) is 6.42 Å². The van der Waals surface area contributed by atoms with E-state index in [4.69, 9.17) is 9.92 Å². The van der Waals surface area contributed by atoms with Crippen molar-refractivity contribution in [3.63, 3.8) is 0 Å². The van der Waals surface area contributed by atoms with Gasteiger partial charge < -0.3 is 5.73 Å². The van der Waals surface area contributed by atoms with E-state index in [-0.39, 0.29) is 0 Å². The highest BCUT2D eigenvalue weighted by Crippen LogP contribution is 2.13. The van der Waals surface area contributed by atoms with E-state index in [0.717, 1.165) is 11.8 Å². The van der Waals surface area contributed by atoms with E-state index >= 15 is 0 Å². The molecule has 84 valence electrons. The maximum atomic E-state index is 10.9. The normalized spacial score (nSPS) is 15.9. The molecule has 0 spiro atoms. The van der Waals surface area contributed by atoms with Crippen LogP contribution in [-0.2, 0) is 20.7 Å². The summed E-state index contributed by atoms with van der Waals surface area (Å²) in [5, 5.41) is 0. The van der Waals surface area contributed by atoms with Gasteiger partial charge in [-0.15, -0.1) is 0 Å². The van der Waals surface area contributed by atoms with Crippen molar-refractivity contribution in [1.29, 1.82) is 0 Å². The Hall–Kier alpha value is -0.910. The maximum absolute atomic E-state index is 10.9. The van der Waals surface area contributed by atoms with E-state index in [1.807, 2.05) is 30.3 Å². The third kappa shape index (κ3) is 4.92. The quantitative estimate of drug-likeness (QED) is 0.614. The van der Waals surface area contributed by atoms with Crippen molar-refractivity contribution in [2.24, 2.45) is 5.73 Å². The second-order valence-corrected chi connectivity index (χ2v) is 5.34. The van der Waals surface area contributed by atoms with Crippen LogP contribution < -0.4 is 5.73 Å². The zero-order valence-corrected chi connectivity index (χ0v) is 9.62. The molecule has 0 fully saturated rings. The molecule has 1 aromatic rings. The Kier molecular flexibility index (Phi) is 3.49. The Bertz CT molecular complexity index is 412. The largest absolute Gasteiger partial charge is 0.302 e. The highest BCUT2D eigenvalue weighted by atomic mass is 32.2. The summed E-state index contributed by atoms with van der Waals surface area (Å²) in [6.45, 7) is 1.54. The zero-order chi connectivity index (χ0) is 11.5. The minimum absolute atomic E-state index is 0.348. The van der Waals surface area contributed by atoms with Crippen molar-refractivity contribution >= 4 is 10.1 Å². The molecule has 2 N–H and O–H groups in total. The first-order chi connectivity index (χ1) is 6.79. The van der Waals surface area contributed by atoms with Gasteiger partial charge in [0.2, 0.25) is 0 Å². The van der Waals surface area contributed by atoms with Gasteiger partial charge in [0.25, 0.3) is 10.1 Å². The smallest absolute Gasteiger partial charge is 0.266 e. The van der Waals surface area contributed by atoms with E-state index in [1.165, 1.54) is 0 Å². The van der Waals surface area contributed by atoms with E-state index in [9.17, 15) is 8.42 Å². The minimum Gasteiger partial charge on any atom is -0.302 e. The van der Waals surface area contributed by atoms with Gasteiger partial charge in [-0.1, -0.05) is 30.3 Å². The molecule has 0 aliphatic carbocycles. The molecule has 0 saturated carbocycles. The third-order valence-electron chi connectivity index (χ3n) is 1.74. The molecule has 15 heavy (non-hydrogen) atoms. The van der Waals surface area contributed by atoms with E-state index in [1.54, 1.807) is 6.92 Å². The summed E-state index contributed by atoms with van der Waals surface area (Å²) in [6.07, 6.45) is 1.34. The number of rotatable bonds is 4. The average molecular weight is 229 g/mol. The summed E-state index contributed by atoms with van der Waals surface area (Å²) >= 11 is 0. The lowest BCUT2D eigenvalue weighted by Crippen LogP contribution is -2.43. The molecule has 0 heterocycles. The number of nitrogens with two attached hydrogens (primary N) is 1. The molecule has 0 aliphatic rings. The van der Waals surface area contributed by atoms with Crippen LogP contribution in [0.5, 0.6) is 0 Å². The minimum atomic E-state index is -3.53. The molecule has 1 rings (SSSR count). The number of benzene rings is 1. The monoisotopic (exact) mass is 229 g/mol. The molecular weight excluding hydrogens is 214 g/mol. The maximum Gasteiger partial charge on any atom is 0.266 e. The molecule has 0 aromatic heterocycles. The topological polar surface area (TPSA) is 69.4 Å². The van der Waals surface area contributed by atoms with Gasteiger partial charge in [0.1, 0.15) is 5.72 Å². The van der Waals surface area contributed by atoms with Gasteiger partial charge in [0.15, 0.2) is 0 Å². The fraction of sp³-hybridized carbons (Fsp3) is 0.400. The molecule has 0 amide bonds. The van der Waals surface area contributed by atoms with Crippen molar-refractivity contribution < 1.29 is 12.6 Å². The zero-order valence-electron chi connectivity index (χ0n) is 8.80. The van der Waals surface area contributed by atoms with Crippen molar-refractivity contribution in [2.45, 2.75) is 19.1 Å². The Morgan fingerprint density at radius 2 is 1.87 bits per heavy atom. The molecule has 4 nitrogen and oxygen atoms in total. The summed E-state index contributed by atoms with van der Waals surface area (Å²) < 4.78 is 26.6. The standard InChI is InChI=1S/C10H15NO3S/c1-10(11,14-15(2,12)13)8-9-6-4-3-5-7-9/h3-7H,8,11H2,1-2H3/t10-/m0/s1. The summed E-state index contributed by atoms with van der Waals surface area (Å²) in [7, 11) is -3.53. The average Bonchev–Trinajstić information content (AvgIpc) is 1.99. The second-order valence-electron chi connectivity index (χ2n) is 3.76. The lowest BCUT2D eigenvalue weighted by molar-refractivity contribution is 0.106. The number of hydrogen-bond acceptors (Lipinski definition) is 4. The first-order valence-corrected chi connectivity index (χ1v) is 6.34. The lowest BCUT2D eigenvalue weighted by Gasteiger charge is -2.23. The molecule has 0 bridgehead atoms. The van der Waals surface area contributed by atoms with Crippen molar-refractivity contribution in [3.05, 3.63) is 35.9 Å². The number of hydrogen-bond donors (Lipinski definition) is 1. The summed E-state index contributed by atoms with van der Waals surface area (Å²) in [6, 6.07) is 9.36. The van der Waals surface area contributed by atoms with Crippen LogP contribution in [0, 0.1) is 0 Å². The highest BCUT2D eigenvalue weighted by molar-refractivity contribution is 7.86. The molecule has 0 aliphatic heterocycles. The van der Waals surface area contributed by atoms with Crippen molar-refractivity contribution in [3.8, 4) is 0 Å². The predicted molar refractivity (Wildman–Crippen MR) is 58.7 cm³/mol. The fourth-order valence-corrected chi connectivity index (χ4v) is 2.13. The fourth-order valence-electron chi connectivity index (χ4n) is 1.38. The molecule has 0 unspecified atom stereocenters. The molecule has 0 saturated heterocycles. The van der Waals surface area contributed by atoms with E-state index < -0.39 is 15.8 Å². The molecule has 1 atom stereocenters. The van der Waals surface area contributed by atoms with Gasteiger partial charge in [-0.2, -0.15) is 8.42 Å².